The summed E-state index contributed by atoms with van der Waals surface area (Å²) in [6, 6.07) is 5.65. The fourth-order valence-electron chi connectivity index (χ4n) is 1.42. The number of benzene rings is 1. The van der Waals surface area contributed by atoms with Crippen LogP contribution in [0.15, 0.2) is 28.1 Å². The van der Waals surface area contributed by atoms with Crippen LogP contribution < -0.4 is 0 Å². The molecule has 1 N–H and O–H groups in total. The lowest BCUT2D eigenvalue weighted by Crippen LogP contribution is -2.14. The van der Waals surface area contributed by atoms with Crippen LogP contribution in [-0.2, 0) is 5.41 Å². The van der Waals surface area contributed by atoms with Crippen molar-refractivity contribution in [2.24, 2.45) is 9.89 Å². The summed E-state index contributed by atoms with van der Waals surface area (Å²) in [7, 11) is -1.58. The van der Waals surface area contributed by atoms with Crippen LogP contribution in [0.4, 0.5) is 5.69 Å². The monoisotopic (exact) mass is 250 g/mol. The van der Waals surface area contributed by atoms with E-state index in [1.165, 1.54) is 0 Å². The first-order valence-corrected chi connectivity index (χ1v) is 9.31. The Balaban J connectivity index is 3.17. The maximum Gasteiger partial charge on any atom is 0.200 e. The maximum absolute atomic E-state index is 10.2. The van der Waals surface area contributed by atoms with Crippen LogP contribution in [0, 0.1) is 0 Å². The molecule has 17 heavy (non-hydrogen) atoms. The Kier molecular flexibility index (Phi) is 3.77. The zero-order valence-electron chi connectivity index (χ0n) is 11.6. The largest absolute Gasteiger partial charge is 0.505 e. The molecule has 0 aliphatic rings. The van der Waals surface area contributed by atoms with Crippen LogP contribution in [0.1, 0.15) is 26.3 Å². The predicted molar refractivity (Wildman–Crippen MR) is 74.7 cm³/mol. The Labute approximate surface area is 105 Å². The molecule has 0 radical (unpaired) electrons. The Bertz CT molecular complexity index is 428. The minimum Gasteiger partial charge on any atom is -0.505 e. The van der Waals surface area contributed by atoms with Crippen molar-refractivity contribution in [2.75, 3.05) is 0 Å². The first-order chi connectivity index (χ1) is 7.61. The van der Waals surface area contributed by atoms with Gasteiger partial charge in [0.2, 0.25) is 8.24 Å². The van der Waals surface area contributed by atoms with E-state index in [0.29, 0.717) is 5.69 Å². The molecule has 1 aromatic rings. The van der Waals surface area contributed by atoms with Crippen molar-refractivity contribution in [3.63, 3.8) is 0 Å². The SMILES string of the molecule is CC(C)(C)c1cccc(N=N[Si](C)(C)C)c1O. The Hall–Kier alpha value is -1.16. The summed E-state index contributed by atoms with van der Waals surface area (Å²) in [6.07, 6.45) is 0. The normalized spacial score (nSPS) is 13.3. The summed E-state index contributed by atoms with van der Waals surface area (Å²) in [5, 5.41) is 14.4. The van der Waals surface area contributed by atoms with Crippen molar-refractivity contribution in [3.8, 4) is 5.75 Å². The average Bonchev–Trinajstić information content (AvgIpc) is 2.13. The fraction of sp³-hybridized carbons (Fsp3) is 0.538. The molecule has 0 aliphatic heterocycles. The molecule has 3 nitrogen and oxygen atoms in total. The lowest BCUT2D eigenvalue weighted by molar-refractivity contribution is 0.448. The Morgan fingerprint density at radius 2 is 1.71 bits per heavy atom. The van der Waals surface area contributed by atoms with Crippen LogP contribution in [0.25, 0.3) is 0 Å². The number of nitrogens with zero attached hydrogens (tertiary/aromatic N) is 2. The summed E-state index contributed by atoms with van der Waals surface area (Å²) < 4.78 is 4.31. The highest BCUT2D eigenvalue weighted by Gasteiger charge is 2.20. The lowest BCUT2D eigenvalue weighted by Gasteiger charge is -2.20. The highest BCUT2D eigenvalue weighted by atomic mass is 28.3. The molecule has 0 saturated heterocycles. The van der Waals surface area contributed by atoms with Gasteiger partial charge in [-0.2, -0.15) is 5.11 Å². The number of phenolic OH excluding ortho intramolecular Hbond substituents is 1. The third-order valence-electron chi connectivity index (χ3n) is 2.28. The second-order valence-corrected chi connectivity index (χ2v) is 10.8. The van der Waals surface area contributed by atoms with Gasteiger partial charge in [-0.3, -0.25) is 0 Å². The third kappa shape index (κ3) is 3.96. The van der Waals surface area contributed by atoms with Gasteiger partial charge in [-0.1, -0.05) is 32.9 Å². The summed E-state index contributed by atoms with van der Waals surface area (Å²) in [4.78, 5) is 0. The van der Waals surface area contributed by atoms with E-state index in [1.54, 1.807) is 6.07 Å². The fourth-order valence-corrected chi connectivity index (χ4v) is 1.83. The van der Waals surface area contributed by atoms with Gasteiger partial charge in [-0.15, -0.1) is 0 Å². The van der Waals surface area contributed by atoms with Gasteiger partial charge < -0.3 is 5.11 Å². The highest BCUT2D eigenvalue weighted by molar-refractivity contribution is 6.74. The summed E-state index contributed by atoms with van der Waals surface area (Å²) in [5.74, 6) is 0.252. The summed E-state index contributed by atoms with van der Waals surface area (Å²) in [5.41, 5.74) is 1.39. The molecule has 0 atom stereocenters. The van der Waals surface area contributed by atoms with Crippen molar-refractivity contribution < 1.29 is 5.11 Å². The second kappa shape index (κ2) is 4.60. The van der Waals surface area contributed by atoms with Crippen molar-refractivity contribution in [3.05, 3.63) is 23.8 Å². The highest BCUT2D eigenvalue weighted by Crippen LogP contribution is 2.37. The van der Waals surface area contributed by atoms with E-state index in [9.17, 15) is 5.11 Å². The van der Waals surface area contributed by atoms with Crippen molar-refractivity contribution in [1.82, 2.24) is 0 Å². The Morgan fingerprint density at radius 1 is 1.12 bits per heavy atom. The number of phenols is 1. The zero-order valence-corrected chi connectivity index (χ0v) is 12.6. The van der Waals surface area contributed by atoms with E-state index in [2.05, 4.69) is 50.3 Å². The molecule has 0 spiro atoms. The molecule has 0 unspecified atom stereocenters. The zero-order chi connectivity index (χ0) is 13.3. The first kappa shape index (κ1) is 13.9. The van der Waals surface area contributed by atoms with Gasteiger partial charge in [-0.05, 0) is 31.1 Å². The van der Waals surface area contributed by atoms with E-state index in [4.69, 9.17) is 0 Å². The van der Waals surface area contributed by atoms with Crippen LogP contribution >= 0.6 is 0 Å². The number of hydrogen-bond acceptors (Lipinski definition) is 3. The second-order valence-electron chi connectivity index (χ2n) is 6.29. The maximum atomic E-state index is 10.2. The number of hydrogen-bond donors (Lipinski definition) is 1. The standard InChI is InChI=1S/C13H22N2OSi/c1-13(2,3)10-8-7-9-11(12(10)16)14-15-17(4,5)6/h7-9,16H,1-6H3. The van der Waals surface area contributed by atoms with Crippen LogP contribution in [0.3, 0.4) is 0 Å². The van der Waals surface area contributed by atoms with Crippen molar-refractivity contribution in [1.29, 1.82) is 0 Å². The molecule has 94 valence electrons. The summed E-state index contributed by atoms with van der Waals surface area (Å²) in [6.45, 7) is 12.5. The molecule has 0 aromatic heterocycles. The van der Waals surface area contributed by atoms with Crippen LogP contribution in [0.5, 0.6) is 5.75 Å². The molecule has 1 rings (SSSR count). The lowest BCUT2D eigenvalue weighted by atomic mass is 9.86. The minimum atomic E-state index is -1.58. The molecule has 0 bridgehead atoms. The smallest absolute Gasteiger partial charge is 0.200 e. The van der Waals surface area contributed by atoms with Crippen LogP contribution in [-0.4, -0.2) is 13.3 Å². The van der Waals surface area contributed by atoms with E-state index < -0.39 is 8.24 Å². The Morgan fingerprint density at radius 3 is 2.18 bits per heavy atom. The predicted octanol–water partition coefficient (Wildman–Crippen LogP) is 4.61. The summed E-state index contributed by atoms with van der Waals surface area (Å²) >= 11 is 0. The van der Waals surface area contributed by atoms with E-state index in [1.807, 2.05) is 12.1 Å². The van der Waals surface area contributed by atoms with Gasteiger partial charge in [0.15, 0.2) is 0 Å². The molecular weight excluding hydrogens is 228 g/mol. The minimum absolute atomic E-state index is 0.0885. The topological polar surface area (TPSA) is 45.0 Å². The van der Waals surface area contributed by atoms with Gasteiger partial charge in [0.25, 0.3) is 0 Å². The van der Waals surface area contributed by atoms with Gasteiger partial charge in [0, 0.05) is 5.56 Å². The van der Waals surface area contributed by atoms with Gasteiger partial charge >= 0.3 is 0 Å². The number of para-hydroxylation sites is 1. The molecule has 0 heterocycles. The number of aromatic hydroxyl groups is 1. The van der Waals surface area contributed by atoms with Gasteiger partial charge in [0.05, 0.1) is 0 Å². The molecule has 0 fully saturated rings. The molecule has 0 saturated carbocycles. The van der Waals surface area contributed by atoms with E-state index in [0.717, 1.165) is 5.56 Å². The van der Waals surface area contributed by atoms with Crippen LogP contribution in [0.2, 0.25) is 19.6 Å². The molecule has 0 amide bonds. The first-order valence-electron chi connectivity index (χ1n) is 5.86. The van der Waals surface area contributed by atoms with Crippen molar-refractivity contribution in [2.45, 2.75) is 45.8 Å². The molecule has 4 heteroatoms. The quantitative estimate of drug-likeness (QED) is 0.604. The van der Waals surface area contributed by atoms with Gasteiger partial charge in [-0.25, -0.2) is 4.78 Å². The molecular formula is C13H22N2OSi. The van der Waals surface area contributed by atoms with Crippen molar-refractivity contribution >= 4 is 13.9 Å². The molecule has 1 aromatic carbocycles. The third-order valence-corrected chi connectivity index (χ3v) is 2.98. The molecule has 0 aliphatic carbocycles. The van der Waals surface area contributed by atoms with Gasteiger partial charge in [0.1, 0.15) is 11.4 Å². The average molecular weight is 250 g/mol. The van der Waals surface area contributed by atoms with E-state index >= 15 is 0 Å². The number of rotatable bonds is 2. The van der Waals surface area contributed by atoms with E-state index in [-0.39, 0.29) is 11.2 Å².